The van der Waals surface area contributed by atoms with Crippen molar-refractivity contribution in [2.24, 2.45) is 5.92 Å². The van der Waals surface area contributed by atoms with Crippen LogP contribution < -0.4 is 10.6 Å². The molecule has 0 aromatic heterocycles. The van der Waals surface area contributed by atoms with Crippen molar-refractivity contribution in [2.45, 2.75) is 50.6 Å². The van der Waals surface area contributed by atoms with Crippen LogP contribution in [0.25, 0.3) is 0 Å². The molecule has 27 heavy (non-hydrogen) atoms. The maximum atomic E-state index is 12.7. The van der Waals surface area contributed by atoms with Crippen LogP contribution in [0, 0.1) is 5.92 Å². The molecule has 3 rings (SSSR count). The summed E-state index contributed by atoms with van der Waals surface area (Å²) in [4.78, 5) is 38.6. The van der Waals surface area contributed by atoms with Crippen molar-refractivity contribution in [2.75, 3.05) is 13.6 Å². The molecule has 0 bridgehead atoms. The van der Waals surface area contributed by atoms with Crippen LogP contribution >= 0.6 is 11.6 Å². The lowest BCUT2D eigenvalue weighted by Crippen LogP contribution is -2.44. The van der Waals surface area contributed by atoms with Crippen LogP contribution in [0.4, 0.5) is 0 Å². The molecule has 1 aliphatic heterocycles. The highest BCUT2D eigenvalue weighted by molar-refractivity contribution is 6.30. The third-order valence-corrected chi connectivity index (χ3v) is 5.74. The summed E-state index contributed by atoms with van der Waals surface area (Å²) in [6.45, 7) is -0.0635. The van der Waals surface area contributed by atoms with Crippen molar-refractivity contribution in [1.82, 2.24) is 15.5 Å². The van der Waals surface area contributed by atoms with Crippen LogP contribution in [0.5, 0.6) is 0 Å². The monoisotopic (exact) mass is 391 g/mol. The number of carbonyl (C=O) groups excluding carboxylic acids is 3. The van der Waals surface area contributed by atoms with Crippen LogP contribution in [0.2, 0.25) is 5.02 Å². The van der Waals surface area contributed by atoms with E-state index in [0.717, 1.165) is 31.2 Å². The van der Waals surface area contributed by atoms with E-state index in [4.69, 9.17) is 11.6 Å². The minimum atomic E-state index is -0.538. The Morgan fingerprint density at radius 2 is 1.96 bits per heavy atom. The van der Waals surface area contributed by atoms with Crippen molar-refractivity contribution in [3.05, 3.63) is 34.9 Å². The van der Waals surface area contributed by atoms with E-state index in [-0.39, 0.29) is 42.8 Å². The maximum absolute atomic E-state index is 12.7. The molecule has 1 aliphatic carbocycles. The molecule has 2 unspecified atom stereocenters. The van der Waals surface area contributed by atoms with E-state index in [0.29, 0.717) is 5.02 Å². The van der Waals surface area contributed by atoms with Gasteiger partial charge in [-0.3, -0.25) is 14.4 Å². The Hall–Kier alpha value is -2.08. The quantitative estimate of drug-likeness (QED) is 0.809. The first-order valence-corrected chi connectivity index (χ1v) is 9.91. The molecule has 0 radical (unpaired) electrons. The highest BCUT2D eigenvalue weighted by Crippen LogP contribution is 2.37. The van der Waals surface area contributed by atoms with Crippen LogP contribution in [-0.4, -0.2) is 42.3 Å². The number of benzene rings is 1. The fourth-order valence-electron chi connectivity index (χ4n) is 4.08. The van der Waals surface area contributed by atoms with Crippen LogP contribution in [0.15, 0.2) is 24.3 Å². The summed E-state index contributed by atoms with van der Waals surface area (Å²) in [5, 5.41) is 6.25. The number of halogens is 1. The molecule has 2 N–H and O–H groups in total. The zero-order valence-electron chi connectivity index (χ0n) is 15.5. The van der Waals surface area contributed by atoms with Crippen molar-refractivity contribution in [3.63, 3.8) is 0 Å². The highest BCUT2D eigenvalue weighted by Gasteiger charge is 2.42. The van der Waals surface area contributed by atoms with E-state index in [2.05, 4.69) is 10.6 Å². The number of carbonyl (C=O) groups is 3. The first-order valence-electron chi connectivity index (χ1n) is 9.54. The lowest BCUT2D eigenvalue weighted by Gasteiger charge is -2.25. The van der Waals surface area contributed by atoms with Gasteiger partial charge < -0.3 is 15.5 Å². The van der Waals surface area contributed by atoms with Gasteiger partial charge in [0, 0.05) is 24.5 Å². The molecule has 0 spiro atoms. The van der Waals surface area contributed by atoms with Crippen molar-refractivity contribution < 1.29 is 14.4 Å². The molecule has 3 amide bonds. The summed E-state index contributed by atoms with van der Waals surface area (Å²) < 4.78 is 0. The third-order valence-electron chi connectivity index (χ3n) is 5.51. The molecule has 2 aliphatic rings. The molecular weight excluding hydrogens is 366 g/mol. The van der Waals surface area contributed by atoms with Gasteiger partial charge in [0.1, 0.15) is 0 Å². The van der Waals surface area contributed by atoms with Gasteiger partial charge in [0.15, 0.2) is 0 Å². The Morgan fingerprint density at radius 3 is 2.67 bits per heavy atom. The normalized spacial score (nSPS) is 23.3. The molecular formula is C20H26ClN3O3. The standard InChI is InChI=1S/C20H26ClN3O3/c1-24-18(26)11-16(19(24)13-6-5-7-14(21)10-13)20(27)22-12-17(25)23-15-8-3-2-4-9-15/h5-7,10,15-16,19H,2-4,8-9,11-12H2,1H3,(H,22,27)(H,23,25). The van der Waals surface area contributed by atoms with Gasteiger partial charge in [-0.05, 0) is 30.5 Å². The number of hydrogen-bond donors (Lipinski definition) is 2. The van der Waals surface area contributed by atoms with Gasteiger partial charge in [-0.25, -0.2) is 0 Å². The minimum absolute atomic E-state index is 0.0635. The van der Waals surface area contributed by atoms with E-state index in [9.17, 15) is 14.4 Å². The van der Waals surface area contributed by atoms with Gasteiger partial charge >= 0.3 is 0 Å². The molecule has 7 heteroatoms. The average molecular weight is 392 g/mol. The molecule has 1 heterocycles. The third kappa shape index (κ3) is 4.80. The van der Waals surface area contributed by atoms with Gasteiger partial charge in [0.2, 0.25) is 17.7 Å². The van der Waals surface area contributed by atoms with Crippen LogP contribution in [-0.2, 0) is 14.4 Å². The molecule has 6 nitrogen and oxygen atoms in total. The Bertz CT molecular complexity index is 718. The Labute approximate surface area is 164 Å². The second-order valence-corrected chi connectivity index (χ2v) is 7.87. The van der Waals surface area contributed by atoms with Gasteiger partial charge in [0.05, 0.1) is 18.5 Å². The van der Waals surface area contributed by atoms with E-state index >= 15 is 0 Å². The smallest absolute Gasteiger partial charge is 0.239 e. The van der Waals surface area contributed by atoms with Crippen molar-refractivity contribution >= 4 is 29.3 Å². The summed E-state index contributed by atoms with van der Waals surface area (Å²) in [5.74, 6) is -1.08. The van der Waals surface area contributed by atoms with Crippen molar-refractivity contribution in [1.29, 1.82) is 0 Å². The fourth-order valence-corrected chi connectivity index (χ4v) is 4.27. The van der Waals surface area contributed by atoms with Gasteiger partial charge in [0.25, 0.3) is 0 Å². The fraction of sp³-hybridized carbons (Fsp3) is 0.550. The van der Waals surface area contributed by atoms with Crippen LogP contribution in [0.3, 0.4) is 0 Å². The number of amides is 3. The summed E-state index contributed by atoms with van der Waals surface area (Å²) in [6.07, 6.45) is 5.61. The molecule has 1 aromatic rings. The summed E-state index contributed by atoms with van der Waals surface area (Å²) in [7, 11) is 1.69. The largest absolute Gasteiger partial charge is 0.352 e. The maximum Gasteiger partial charge on any atom is 0.239 e. The zero-order chi connectivity index (χ0) is 19.4. The Kier molecular flexibility index (Phi) is 6.37. The van der Waals surface area contributed by atoms with E-state index in [1.807, 2.05) is 6.07 Å². The predicted molar refractivity (Wildman–Crippen MR) is 103 cm³/mol. The summed E-state index contributed by atoms with van der Waals surface area (Å²) >= 11 is 6.07. The predicted octanol–water partition coefficient (Wildman–Crippen LogP) is 2.42. The number of nitrogens with zero attached hydrogens (tertiary/aromatic N) is 1. The second-order valence-electron chi connectivity index (χ2n) is 7.44. The van der Waals surface area contributed by atoms with Gasteiger partial charge in [-0.1, -0.05) is 43.0 Å². The Balaban J connectivity index is 1.60. The number of nitrogens with one attached hydrogen (secondary N) is 2. The lowest BCUT2D eigenvalue weighted by molar-refractivity contribution is -0.129. The molecule has 2 fully saturated rings. The van der Waals surface area contributed by atoms with E-state index < -0.39 is 5.92 Å². The number of hydrogen-bond acceptors (Lipinski definition) is 3. The number of likely N-dealkylation sites (tertiary alicyclic amines) is 1. The SMILES string of the molecule is CN1C(=O)CC(C(=O)NCC(=O)NC2CCCCC2)C1c1cccc(Cl)c1. The molecule has 1 saturated carbocycles. The molecule has 146 valence electrons. The number of rotatable bonds is 5. The summed E-state index contributed by atoms with van der Waals surface area (Å²) in [5.41, 5.74) is 0.822. The summed E-state index contributed by atoms with van der Waals surface area (Å²) in [6, 6.07) is 7.03. The van der Waals surface area contributed by atoms with E-state index in [1.54, 1.807) is 30.1 Å². The molecule has 2 atom stereocenters. The minimum Gasteiger partial charge on any atom is -0.352 e. The first kappa shape index (κ1) is 19.7. The van der Waals surface area contributed by atoms with Gasteiger partial charge in [-0.2, -0.15) is 0 Å². The van der Waals surface area contributed by atoms with Crippen molar-refractivity contribution in [3.8, 4) is 0 Å². The molecule has 1 aromatic carbocycles. The van der Waals surface area contributed by atoms with Crippen LogP contribution in [0.1, 0.15) is 50.1 Å². The topological polar surface area (TPSA) is 78.5 Å². The second kappa shape index (κ2) is 8.74. The zero-order valence-corrected chi connectivity index (χ0v) is 16.3. The first-order chi connectivity index (χ1) is 13.0. The average Bonchev–Trinajstić information content (AvgIpc) is 2.95. The Morgan fingerprint density at radius 1 is 1.22 bits per heavy atom. The van der Waals surface area contributed by atoms with Gasteiger partial charge in [-0.15, -0.1) is 0 Å². The lowest BCUT2D eigenvalue weighted by atomic mass is 9.93. The highest BCUT2D eigenvalue weighted by atomic mass is 35.5. The molecule has 1 saturated heterocycles. The van der Waals surface area contributed by atoms with E-state index in [1.165, 1.54) is 6.42 Å².